The van der Waals surface area contributed by atoms with E-state index in [0.717, 1.165) is 0 Å². The van der Waals surface area contributed by atoms with Crippen LogP contribution in [0.4, 0.5) is 5.69 Å². The van der Waals surface area contributed by atoms with E-state index in [4.69, 9.17) is 14.2 Å². The van der Waals surface area contributed by atoms with E-state index in [-0.39, 0.29) is 37.5 Å². The molecule has 0 saturated carbocycles. The van der Waals surface area contributed by atoms with Gasteiger partial charge in [-0.25, -0.2) is 0 Å². The number of fused-ring (bicyclic) bond motifs is 1. The molecular weight excluding hydrogens is 488 g/mol. The Labute approximate surface area is 224 Å². The first-order valence-corrected chi connectivity index (χ1v) is 13.4. The first-order valence-electron chi connectivity index (χ1n) is 13.4. The van der Waals surface area contributed by atoms with Crippen LogP contribution in [0.15, 0.2) is 36.9 Å². The van der Waals surface area contributed by atoms with Crippen molar-refractivity contribution < 1.29 is 33.7 Å². The van der Waals surface area contributed by atoms with Crippen molar-refractivity contribution in [2.24, 2.45) is 17.8 Å². The average molecular weight is 529 g/mol. The summed E-state index contributed by atoms with van der Waals surface area (Å²) in [4.78, 5) is 45.1. The Hall–Kier alpha value is -2.91. The highest BCUT2D eigenvalue weighted by atomic mass is 16.6. The SMILES string of the molecule is C=CCN(C(=O)C1N([C@@H](CO)CC(C)C)C(=O)[C@@H]2[C@@H](C(=O)OCC)[C@@]3(C)CCC12O3)c1ccc(OC)cc1. The number of aliphatic hydroxyl groups excluding tert-OH is 1. The van der Waals surface area contributed by atoms with Gasteiger partial charge < -0.3 is 29.1 Å². The minimum Gasteiger partial charge on any atom is -0.497 e. The standard InChI is InChI=1S/C29H40N2O7/c1-7-15-30(19-9-11-21(36-6)12-10-19)26(34)24-29-14-13-28(5,38-29)23(27(35)37-8-2)22(29)25(33)31(24)20(17-32)16-18(3)4/h7,9-12,18,20,22-24,32H,1,8,13-17H2,2-6H3/t20-,22+,23+,24?,28-,29?/m1/s1. The molecule has 1 N–H and O–H groups in total. The summed E-state index contributed by atoms with van der Waals surface area (Å²) in [5, 5.41) is 10.4. The Morgan fingerprint density at radius 2 is 1.97 bits per heavy atom. The minimum absolute atomic E-state index is 0.162. The lowest BCUT2D eigenvalue weighted by Crippen LogP contribution is -2.59. The minimum atomic E-state index is -1.20. The molecule has 3 aliphatic heterocycles. The van der Waals surface area contributed by atoms with Crippen molar-refractivity contribution in [3.63, 3.8) is 0 Å². The summed E-state index contributed by atoms with van der Waals surface area (Å²) in [7, 11) is 1.57. The van der Waals surface area contributed by atoms with E-state index >= 15 is 0 Å². The molecule has 1 aromatic carbocycles. The lowest BCUT2D eigenvalue weighted by molar-refractivity contribution is -0.160. The Kier molecular flexibility index (Phi) is 7.91. The molecule has 3 heterocycles. The van der Waals surface area contributed by atoms with E-state index in [1.807, 2.05) is 20.8 Å². The molecule has 6 atom stereocenters. The summed E-state index contributed by atoms with van der Waals surface area (Å²) in [5.41, 5.74) is -1.49. The van der Waals surface area contributed by atoms with Crippen LogP contribution in [-0.4, -0.2) is 77.9 Å². The van der Waals surface area contributed by atoms with Crippen molar-refractivity contribution in [2.45, 2.75) is 70.2 Å². The molecule has 1 aromatic rings. The molecule has 1 spiro atoms. The third-order valence-corrected chi connectivity index (χ3v) is 8.30. The molecule has 2 unspecified atom stereocenters. The van der Waals surface area contributed by atoms with Crippen LogP contribution in [0.1, 0.15) is 47.0 Å². The van der Waals surface area contributed by atoms with Gasteiger partial charge in [0, 0.05) is 12.2 Å². The molecule has 208 valence electrons. The third-order valence-electron chi connectivity index (χ3n) is 8.30. The highest BCUT2D eigenvalue weighted by Crippen LogP contribution is 2.64. The van der Waals surface area contributed by atoms with E-state index in [1.54, 1.807) is 49.3 Å². The molecule has 0 aromatic heterocycles. The fourth-order valence-electron chi connectivity index (χ4n) is 6.81. The molecule has 4 rings (SSSR count). The predicted molar refractivity (Wildman–Crippen MR) is 142 cm³/mol. The Balaban J connectivity index is 1.84. The second-order valence-electron chi connectivity index (χ2n) is 11.1. The molecular formula is C29H40N2O7. The number of aliphatic hydroxyl groups is 1. The molecule has 0 radical (unpaired) electrons. The van der Waals surface area contributed by atoms with Crippen molar-refractivity contribution in [1.29, 1.82) is 0 Å². The summed E-state index contributed by atoms with van der Waals surface area (Å²) in [6.45, 7) is 11.5. The second kappa shape index (κ2) is 10.7. The van der Waals surface area contributed by atoms with Crippen molar-refractivity contribution >= 4 is 23.5 Å². The van der Waals surface area contributed by atoms with Crippen LogP contribution in [-0.2, 0) is 23.9 Å². The van der Waals surface area contributed by atoms with Crippen LogP contribution >= 0.6 is 0 Å². The zero-order valence-corrected chi connectivity index (χ0v) is 23.0. The molecule has 3 saturated heterocycles. The predicted octanol–water partition coefficient (Wildman–Crippen LogP) is 2.95. The summed E-state index contributed by atoms with van der Waals surface area (Å²) in [6.07, 6.45) is 3.11. The molecule has 9 heteroatoms. The number of hydrogen-bond donors (Lipinski definition) is 1. The number of esters is 1. The van der Waals surface area contributed by atoms with E-state index in [1.165, 1.54) is 4.90 Å². The number of benzene rings is 1. The molecule has 9 nitrogen and oxygen atoms in total. The monoisotopic (exact) mass is 528 g/mol. The van der Waals surface area contributed by atoms with Crippen LogP contribution in [0.3, 0.4) is 0 Å². The largest absolute Gasteiger partial charge is 0.497 e. The third kappa shape index (κ3) is 4.39. The fourth-order valence-corrected chi connectivity index (χ4v) is 6.81. The van der Waals surface area contributed by atoms with Gasteiger partial charge in [-0.2, -0.15) is 0 Å². The number of ether oxygens (including phenoxy) is 3. The summed E-state index contributed by atoms with van der Waals surface area (Å²) in [5.74, 6) is -2.02. The van der Waals surface area contributed by atoms with Crippen molar-refractivity contribution in [3.05, 3.63) is 36.9 Å². The lowest BCUT2D eigenvalue weighted by atomic mass is 9.66. The van der Waals surface area contributed by atoms with Crippen LogP contribution in [0.5, 0.6) is 5.75 Å². The van der Waals surface area contributed by atoms with Gasteiger partial charge in [-0.05, 0) is 63.3 Å². The van der Waals surface area contributed by atoms with Gasteiger partial charge in [-0.15, -0.1) is 6.58 Å². The van der Waals surface area contributed by atoms with Crippen LogP contribution < -0.4 is 9.64 Å². The van der Waals surface area contributed by atoms with Gasteiger partial charge in [-0.3, -0.25) is 14.4 Å². The summed E-state index contributed by atoms with van der Waals surface area (Å²) < 4.78 is 17.3. The number of hydrogen-bond acceptors (Lipinski definition) is 7. The van der Waals surface area contributed by atoms with E-state index in [9.17, 15) is 19.5 Å². The quantitative estimate of drug-likeness (QED) is 0.348. The molecule has 2 bridgehead atoms. The van der Waals surface area contributed by atoms with Gasteiger partial charge in [0.05, 0.1) is 37.9 Å². The highest BCUT2D eigenvalue weighted by molar-refractivity contribution is 6.05. The number of anilines is 1. The molecule has 38 heavy (non-hydrogen) atoms. The zero-order chi connectivity index (χ0) is 27.8. The zero-order valence-electron chi connectivity index (χ0n) is 23.0. The number of methoxy groups -OCH3 is 1. The number of carbonyl (C=O) groups is 3. The molecule has 0 aliphatic carbocycles. The molecule has 3 aliphatic rings. The Bertz CT molecular complexity index is 1070. The smallest absolute Gasteiger partial charge is 0.312 e. The van der Waals surface area contributed by atoms with Crippen LogP contribution in [0.2, 0.25) is 0 Å². The second-order valence-corrected chi connectivity index (χ2v) is 11.1. The number of amides is 2. The first kappa shape index (κ1) is 28.1. The van der Waals surface area contributed by atoms with Crippen molar-refractivity contribution in [3.8, 4) is 5.75 Å². The highest BCUT2D eigenvalue weighted by Gasteiger charge is 2.79. The van der Waals surface area contributed by atoms with E-state index in [2.05, 4.69) is 6.58 Å². The molecule has 3 fully saturated rings. The maximum absolute atomic E-state index is 14.6. The van der Waals surface area contributed by atoms with E-state index in [0.29, 0.717) is 30.7 Å². The summed E-state index contributed by atoms with van der Waals surface area (Å²) in [6, 6.07) is 5.48. The fraction of sp³-hybridized carbons (Fsp3) is 0.621. The van der Waals surface area contributed by atoms with Gasteiger partial charge in [0.2, 0.25) is 5.91 Å². The van der Waals surface area contributed by atoms with Gasteiger partial charge in [-0.1, -0.05) is 19.9 Å². The van der Waals surface area contributed by atoms with E-state index < -0.39 is 41.1 Å². The van der Waals surface area contributed by atoms with Crippen molar-refractivity contribution in [2.75, 3.05) is 31.8 Å². The number of nitrogens with zero attached hydrogens (tertiary/aromatic N) is 2. The van der Waals surface area contributed by atoms with Gasteiger partial charge in [0.1, 0.15) is 23.3 Å². The Morgan fingerprint density at radius 3 is 2.53 bits per heavy atom. The number of carbonyl (C=O) groups excluding carboxylic acids is 3. The number of likely N-dealkylation sites (tertiary alicyclic amines) is 1. The maximum Gasteiger partial charge on any atom is 0.312 e. The van der Waals surface area contributed by atoms with Crippen LogP contribution in [0, 0.1) is 17.8 Å². The average Bonchev–Trinajstić information content (AvgIpc) is 3.46. The Morgan fingerprint density at radius 1 is 1.29 bits per heavy atom. The van der Waals surface area contributed by atoms with Gasteiger partial charge in [0.15, 0.2) is 0 Å². The first-order chi connectivity index (χ1) is 18.1. The normalized spacial score (nSPS) is 30.3. The topological polar surface area (TPSA) is 106 Å². The number of rotatable bonds is 11. The van der Waals surface area contributed by atoms with Gasteiger partial charge >= 0.3 is 5.97 Å². The molecule has 2 amide bonds. The van der Waals surface area contributed by atoms with Crippen molar-refractivity contribution in [1.82, 2.24) is 4.90 Å². The van der Waals surface area contributed by atoms with Crippen LogP contribution in [0.25, 0.3) is 0 Å². The maximum atomic E-state index is 14.6. The van der Waals surface area contributed by atoms with Gasteiger partial charge in [0.25, 0.3) is 5.91 Å². The lowest BCUT2D eigenvalue weighted by Gasteiger charge is -2.40. The summed E-state index contributed by atoms with van der Waals surface area (Å²) >= 11 is 0.